The van der Waals surface area contributed by atoms with Gasteiger partial charge in [-0.2, -0.15) is 0 Å². The predicted octanol–water partition coefficient (Wildman–Crippen LogP) is 2.13. The van der Waals surface area contributed by atoms with Crippen LogP contribution in [-0.4, -0.2) is 11.4 Å². The fourth-order valence-corrected chi connectivity index (χ4v) is 0.774. The van der Waals surface area contributed by atoms with E-state index in [4.69, 9.17) is 17.3 Å². The van der Waals surface area contributed by atoms with Gasteiger partial charge < -0.3 is 5.73 Å². The molecule has 0 aliphatic carbocycles. The van der Waals surface area contributed by atoms with Gasteiger partial charge in [-0.25, -0.2) is 0 Å². The van der Waals surface area contributed by atoms with Crippen LogP contribution in [0.1, 0.15) is 33.1 Å². The first-order chi connectivity index (χ1) is 4.16. The highest BCUT2D eigenvalue weighted by atomic mass is 35.5. The Balaban J connectivity index is 3.06. The second kappa shape index (κ2) is 5.07. The van der Waals surface area contributed by atoms with Crippen LogP contribution in [-0.2, 0) is 0 Å². The van der Waals surface area contributed by atoms with E-state index in [1.807, 2.05) is 6.92 Å². The molecule has 9 heavy (non-hydrogen) atoms. The molecule has 1 nitrogen and oxygen atoms in total. The lowest BCUT2D eigenvalue weighted by molar-refractivity contribution is 0.565. The number of alkyl halides is 1. The summed E-state index contributed by atoms with van der Waals surface area (Å²) in [6.45, 7) is 4.10. The molecule has 0 spiro atoms. The van der Waals surface area contributed by atoms with Crippen LogP contribution < -0.4 is 5.73 Å². The van der Waals surface area contributed by atoms with E-state index in [2.05, 4.69) is 6.92 Å². The molecule has 0 aliphatic rings. The first-order valence-electron chi connectivity index (χ1n) is 3.56. The summed E-state index contributed by atoms with van der Waals surface area (Å²) < 4.78 is 0. The zero-order chi connectivity index (χ0) is 7.28. The van der Waals surface area contributed by atoms with Gasteiger partial charge in [-0.1, -0.05) is 6.92 Å². The summed E-state index contributed by atoms with van der Waals surface area (Å²) in [7, 11) is 0. The van der Waals surface area contributed by atoms with Crippen molar-refractivity contribution in [2.24, 2.45) is 5.73 Å². The highest BCUT2D eigenvalue weighted by Gasteiger charge is 2.01. The largest absolute Gasteiger partial charge is 0.328 e. The van der Waals surface area contributed by atoms with Gasteiger partial charge in [-0.3, -0.25) is 0 Å². The Bertz CT molecular complexity index is 63.9. The van der Waals surface area contributed by atoms with Crippen LogP contribution in [0.15, 0.2) is 0 Å². The molecule has 0 aromatic carbocycles. The maximum atomic E-state index is 5.72. The fraction of sp³-hybridized carbons (Fsp3) is 1.00. The molecule has 56 valence electrons. The lowest BCUT2D eigenvalue weighted by Crippen LogP contribution is -2.19. The summed E-state index contributed by atoms with van der Waals surface area (Å²) in [4.78, 5) is 0. The Morgan fingerprint density at radius 2 is 2.00 bits per heavy atom. The lowest BCUT2D eigenvalue weighted by atomic mass is 10.1. The fourth-order valence-electron chi connectivity index (χ4n) is 0.648. The molecule has 0 fully saturated rings. The van der Waals surface area contributed by atoms with Crippen molar-refractivity contribution in [3.05, 3.63) is 0 Å². The van der Waals surface area contributed by atoms with Crippen LogP contribution >= 0.6 is 11.6 Å². The average molecular weight is 150 g/mol. The maximum Gasteiger partial charge on any atom is 0.0308 e. The van der Waals surface area contributed by atoms with E-state index in [1.165, 1.54) is 0 Å². The van der Waals surface area contributed by atoms with Crippen molar-refractivity contribution in [2.75, 3.05) is 0 Å². The minimum absolute atomic E-state index is 0.280. The van der Waals surface area contributed by atoms with Crippen LogP contribution in [0.3, 0.4) is 0 Å². The highest BCUT2D eigenvalue weighted by molar-refractivity contribution is 6.20. The lowest BCUT2D eigenvalue weighted by Gasteiger charge is -2.08. The van der Waals surface area contributed by atoms with Gasteiger partial charge in [0.15, 0.2) is 0 Å². The van der Waals surface area contributed by atoms with Crippen LogP contribution in [0.25, 0.3) is 0 Å². The standard InChI is InChI=1S/C7H16ClN/c1-3-7(9)5-4-6(2)8/h6-7H,3-5,9H2,1-2H3/t6-,7+/m1/s1. The molecule has 0 heterocycles. The molecule has 0 bridgehead atoms. The van der Waals surface area contributed by atoms with Crippen LogP contribution in [0.4, 0.5) is 0 Å². The van der Waals surface area contributed by atoms with E-state index in [0.29, 0.717) is 6.04 Å². The normalized spacial score (nSPS) is 17.3. The van der Waals surface area contributed by atoms with Gasteiger partial charge in [-0.15, -0.1) is 11.6 Å². The van der Waals surface area contributed by atoms with E-state index < -0.39 is 0 Å². The van der Waals surface area contributed by atoms with Gasteiger partial charge in [0.2, 0.25) is 0 Å². The molecular formula is C7H16ClN. The van der Waals surface area contributed by atoms with Gasteiger partial charge >= 0.3 is 0 Å². The van der Waals surface area contributed by atoms with E-state index in [0.717, 1.165) is 19.3 Å². The number of nitrogens with two attached hydrogens (primary N) is 1. The van der Waals surface area contributed by atoms with Crippen LogP contribution in [0.2, 0.25) is 0 Å². The monoisotopic (exact) mass is 149 g/mol. The number of halogens is 1. The average Bonchev–Trinajstić information content (AvgIpc) is 1.83. The van der Waals surface area contributed by atoms with Gasteiger partial charge in [0.1, 0.15) is 0 Å². The molecule has 2 N–H and O–H groups in total. The second-order valence-electron chi connectivity index (χ2n) is 2.53. The molecule has 2 atom stereocenters. The van der Waals surface area contributed by atoms with Crippen LogP contribution in [0.5, 0.6) is 0 Å². The van der Waals surface area contributed by atoms with Crippen molar-refractivity contribution in [1.29, 1.82) is 0 Å². The van der Waals surface area contributed by atoms with Crippen molar-refractivity contribution < 1.29 is 0 Å². The minimum atomic E-state index is 0.280. The third-order valence-corrected chi connectivity index (χ3v) is 1.68. The van der Waals surface area contributed by atoms with E-state index in [1.54, 1.807) is 0 Å². The van der Waals surface area contributed by atoms with Crippen molar-refractivity contribution >= 4 is 11.6 Å². The number of hydrogen-bond donors (Lipinski definition) is 1. The summed E-state index contributed by atoms with van der Waals surface area (Å²) >= 11 is 5.72. The molecule has 0 unspecified atom stereocenters. The molecule has 0 aromatic heterocycles. The molecule has 2 heteroatoms. The summed E-state index contributed by atoms with van der Waals surface area (Å²) in [6.07, 6.45) is 3.15. The Kier molecular flexibility index (Phi) is 5.21. The topological polar surface area (TPSA) is 26.0 Å². The first kappa shape index (κ1) is 9.25. The molecule has 0 saturated heterocycles. The van der Waals surface area contributed by atoms with E-state index >= 15 is 0 Å². The number of rotatable bonds is 4. The van der Waals surface area contributed by atoms with Crippen molar-refractivity contribution in [3.63, 3.8) is 0 Å². The summed E-state index contributed by atoms with van der Waals surface area (Å²) in [5.74, 6) is 0. The summed E-state index contributed by atoms with van der Waals surface area (Å²) in [5, 5.41) is 0.280. The molecular weight excluding hydrogens is 134 g/mol. The van der Waals surface area contributed by atoms with Gasteiger partial charge in [0, 0.05) is 11.4 Å². The Labute approximate surface area is 62.6 Å². The highest BCUT2D eigenvalue weighted by Crippen LogP contribution is 2.06. The van der Waals surface area contributed by atoms with Crippen molar-refractivity contribution in [3.8, 4) is 0 Å². The zero-order valence-electron chi connectivity index (χ0n) is 6.23. The zero-order valence-corrected chi connectivity index (χ0v) is 6.99. The van der Waals surface area contributed by atoms with E-state index in [9.17, 15) is 0 Å². The molecule has 0 amide bonds. The smallest absolute Gasteiger partial charge is 0.0308 e. The molecule has 0 radical (unpaired) electrons. The third kappa shape index (κ3) is 6.13. The quantitative estimate of drug-likeness (QED) is 0.609. The summed E-state index contributed by atoms with van der Waals surface area (Å²) in [6, 6.07) is 0.353. The maximum absolute atomic E-state index is 5.72. The van der Waals surface area contributed by atoms with Crippen LogP contribution in [0, 0.1) is 0 Å². The Hall–Kier alpha value is 0.250. The molecule has 0 aromatic rings. The second-order valence-corrected chi connectivity index (χ2v) is 3.27. The van der Waals surface area contributed by atoms with E-state index in [-0.39, 0.29) is 5.38 Å². The van der Waals surface area contributed by atoms with Crippen molar-refractivity contribution in [2.45, 2.75) is 44.5 Å². The number of hydrogen-bond acceptors (Lipinski definition) is 1. The first-order valence-corrected chi connectivity index (χ1v) is 4.00. The van der Waals surface area contributed by atoms with Crippen molar-refractivity contribution in [1.82, 2.24) is 0 Å². The third-order valence-electron chi connectivity index (χ3n) is 1.46. The molecule has 0 saturated carbocycles. The molecule has 0 rings (SSSR count). The Morgan fingerprint density at radius 1 is 1.44 bits per heavy atom. The van der Waals surface area contributed by atoms with Gasteiger partial charge in [0.25, 0.3) is 0 Å². The minimum Gasteiger partial charge on any atom is -0.328 e. The molecule has 0 aliphatic heterocycles. The van der Waals surface area contributed by atoms with Gasteiger partial charge in [-0.05, 0) is 26.2 Å². The SMILES string of the molecule is CC[C@H](N)CC[C@@H](C)Cl. The summed E-state index contributed by atoms with van der Waals surface area (Å²) in [5.41, 5.74) is 5.66. The van der Waals surface area contributed by atoms with Gasteiger partial charge in [0.05, 0.1) is 0 Å². The predicted molar refractivity (Wildman–Crippen MR) is 42.8 cm³/mol. The Morgan fingerprint density at radius 3 is 2.33 bits per heavy atom.